The van der Waals surface area contributed by atoms with Crippen LogP contribution in [0, 0.1) is 33.1 Å². The molecule has 5 heterocycles. The standard InChI is InChI=1S/C57H68ClN9O8S2/c1-32-36(5)77-56-49(32)50(40-15-19-42(58)20-16-40)62-45(53-65-64-37(6)67(53)56)28-47(69)60-33(2)39-17-21-44(22-18-39)75-24-10-23-73-25-26-74-30-48(70)63-52(57(7,8)9)55(72)66-29-43(68)27-46(66)54(71)61-34(3)38-11-13-41(14-12-38)51-35(4)59-31-76-51/h11-22,31,33-34,43,45-46,52,68H,10,23-30H2,1-9H3,(H,60,69)(H,61,71)(H,63,70)/t33-,34-,43?,45?,46-,52+/m0/s1. The van der Waals surface area contributed by atoms with Crippen LogP contribution in [-0.4, -0.2) is 117 Å². The molecule has 408 valence electrons. The number of hydrogen-bond acceptors (Lipinski definition) is 14. The fourth-order valence-corrected chi connectivity index (χ4v) is 11.7. The third-order valence-corrected chi connectivity index (χ3v) is 16.3. The highest BCUT2D eigenvalue weighted by atomic mass is 35.5. The number of likely N-dealkylation sites (tertiary alicyclic amines) is 1. The molecular formula is C57H68ClN9O8S2. The predicted octanol–water partition coefficient (Wildman–Crippen LogP) is 8.67. The highest BCUT2D eigenvalue weighted by Gasteiger charge is 2.45. The van der Waals surface area contributed by atoms with Gasteiger partial charge in [0.2, 0.25) is 23.6 Å². The average molecular weight is 1110 g/mol. The molecule has 0 saturated carbocycles. The molecule has 2 unspecified atom stereocenters. The largest absolute Gasteiger partial charge is 0.494 e. The van der Waals surface area contributed by atoms with Crippen LogP contribution in [0.25, 0.3) is 15.4 Å². The summed E-state index contributed by atoms with van der Waals surface area (Å²) in [7, 11) is 0. The first-order valence-corrected chi connectivity index (χ1v) is 28.0. The Morgan fingerprint density at radius 2 is 1.48 bits per heavy atom. The van der Waals surface area contributed by atoms with Crippen LogP contribution in [-0.2, 0) is 28.7 Å². The number of aliphatic hydroxyl groups is 1. The van der Waals surface area contributed by atoms with Gasteiger partial charge >= 0.3 is 0 Å². The van der Waals surface area contributed by atoms with Crippen LogP contribution in [0.2, 0.25) is 5.02 Å². The van der Waals surface area contributed by atoms with Crippen molar-refractivity contribution in [2.75, 3.05) is 39.6 Å². The first kappa shape index (κ1) is 56.8. The molecule has 0 aliphatic carbocycles. The number of ether oxygens (including phenoxy) is 3. The van der Waals surface area contributed by atoms with Gasteiger partial charge in [-0.1, -0.05) is 80.9 Å². The Morgan fingerprint density at radius 1 is 0.818 bits per heavy atom. The van der Waals surface area contributed by atoms with Gasteiger partial charge in [0.1, 0.15) is 41.3 Å². The summed E-state index contributed by atoms with van der Waals surface area (Å²) in [5.74, 6) is 0.530. The zero-order valence-corrected chi connectivity index (χ0v) is 47.4. The quantitative estimate of drug-likeness (QED) is 0.0501. The maximum absolute atomic E-state index is 14.1. The van der Waals surface area contributed by atoms with Gasteiger partial charge in [0.15, 0.2) is 5.82 Å². The molecule has 3 aromatic heterocycles. The third kappa shape index (κ3) is 13.7. The van der Waals surface area contributed by atoms with Crippen molar-refractivity contribution >= 4 is 63.6 Å². The summed E-state index contributed by atoms with van der Waals surface area (Å²) in [5, 5.41) is 30.2. The number of carbonyl (C=O) groups excluding carboxylic acids is 4. The molecule has 6 atom stereocenters. The Labute approximate surface area is 462 Å². The monoisotopic (exact) mass is 1110 g/mol. The van der Waals surface area contributed by atoms with Crippen molar-refractivity contribution in [2.45, 2.75) is 118 Å². The van der Waals surface area contributed by atoms with E-state index in [0.717, 1.165) is 60.5 Å². The minimum Gasteiger partial charge on any atom is -0.494 e. The van der Waals surface area contributed by atoms with Gasteiger partial charge in [-0.3, -0.25) is 28.7 Å². The van der Waals surface area contributed by atoms with Crippen molar-refractivity contribution in [1.29, 1.82) is 0 Å². The lowest BCUT2D eigenvalue weighted by Crippen LogP contribution is -2.58. The average Bonchev–Trinajstić information content (AvgIpc) is 4.21. The molecule has 17 nitrogen and oxygen atoms in total. The van der Waals surface area contributed by atoms with Crippen LogP contribution in [0.15, 0.2) is 83.3 Å². The molecule has 3 aromatic carbocycles. The Morgan fingerprint density at radius 3 is 2.16 bits per heavy atom. The van der Waals surface area contributed by atoms with E-state index in [2.05, 4.69) is 45.0 Å². The third-order valence-electron chi connectivity index (χ3n) is 13.9. The van der Waals surface area contributed by atoms with E-state index in [4.69, 9.17) is 30.8 Å². The van der Waals surface area contributed by atoms with Gasteiger partial charge in [-0.15, -0.1) is 32.9 Å². The fourth-order valence-electron chi connectivity index (χ4n) is 9.50. The maximum Gasteiger partial charge on any atom is 0.246 e. The van der Waals surface area contributed by atoms with Crippen molar-refractivity contribution in [3.8, 4) is 21.2 Å². The SMILES string of the molecule is Cc1ncsc1-c1ccc([C@H](C)NC(=O)[C@@H]2CC(O)CN2C(=O)[C@@H](NC(=O)COCCOCCCOc2ccc([C@H](C)NC(=O)CC3N=C(c4ccc(Cl)cc4)c4c(sc(C)c4C)-n4c(C)nnc43)cc2)C(C)(C)C)cc1. The summed E-state index contributed by atoms with van der Waals surface area (Å²) in [6, 6.07) is 20.0. The van der Waals surface area contributed by atoms with Gasteiger partial charge in [-0.05, 0) is 93.5 Å². The van der Waals surface area contributed by atoms with Crippen molar-refractivity contribution in [3.05, 3.63) is 133 Å². The van der Waals surface area contributed by atoms with Crippen molar-refractivity contribution < 1.29 is 38.5 Å². The summed E-state index contributed by atoms with van der Waals surface area (Å²) >= 11 is 9.50. The number of rotatable bonds is 21. The molecule has 8 rings (SSSR count). The second kappa shape index (κ2) is 25.0. The van der Waals surface area contributed by atoms with Crippen molar-refractivity contribution in [1.82, 2.24) is 40.6 Å². The molecule has 20 heteroatoms. The minimum absolute atomic E-state index is 0.0285. The number of carbonyl (C=O) groups is 4. The topological polar surface area (TPSA) is 211 Å². The van der Waals surface area contributed by atoms with Gasteiger partial charge in [0.25, 0.3) is 0 Å². The van der Waals surface area contributed by atoms with E-state index in [-0.39, 0.29) is 63.1 Å². The summed E-state index contributed by atoms with van der Waals surface area (Å²) in [4.78, 5) is 67.8. The van der Waals surface area contributed by atoms with Crippen LogP contribution in [0.3, 0.4) is 0 Å². The number of thiophene rings is 1. The number of thiazole rings is 1. The zero-order chi connectivity index (χ0) is 55.1. The molecule has 2 aliphatic rings. The van der Waals surface area contributed by atoms with E-state index in [1.165, 1.54) is 9.78 Å². The van der Waals surface area contributed by atoms with E-state index >= 15 is 0 Å². The second-order valence-electron chi connectivity index (χ2n) is 20.7. The first-order chi connectivity index (χ1) is 36.8. The Kier molecular flexibility index (Phi) is 18.4. The summed E-state index contributed by atoms with van der Waals surface area (Å²) in [6.45, 7) is 18.3. The number of amides is 4. The molecule has 77 heavy (non-hydrogen) atoms. The summed E-state index contributed by atoms with van der Waals surface area (Å²) in [6.07, 6.45) is -0.126. The zero-order valence-electron chi connectivity index (χ0n) is 45.0. The van der Waals surface area contributed by atoms with Crippen molar-refractivity contribution in [3.63, 3.8) is 0 Å². The van der Waals surface area contributed by atoms with Crippen LogP contribution < -0.4 is 20.7 Å². The van der Waals surface area contributed by atoms with E-state index in [0.29, 0.717) is 36.2 Å². The number of benzene rings is 3. The number of halogens is 1. The van der Waals surface area contributed by atoms with Crippen LogP contribution in [0.5, 0.6) is 5.75 Å². The number of aromatic nitrogens is 4. The van der Waals surface area contributed by atoms with Gasteiger partial charge in [0.05, 0.1) is 66.2 Å². The number of nitrogens with zero attached hydrogens (tertiary/aromatic N) is 6. The van der Waals surface area contributed by atoms with Crippen molar-refractivity contribution in [2.24, 2.45) is 10.4 Å². The lowest BCUT2D eigenvalue weighted by atomic mass is 9.85. The smallest absolute Gasteiger partial charge is 0.246 e. The number of aryl methyl sites for hydroxylation is 3. The van der Waals surface area contributed by atoms with Crippen LogP contribution in [0.1, 0.15) is 122 Å². The summed E-state index contributed by atoms with van der Waals surface area (Å²) < 4.78 is 19.3. The number of fused-ring (bicyclic) bond motifs is 3. The lowest BCUT2D eigenvalue weighted by molar-refractivity contribution is -0.144. The number of aliphatic imine (C=N–C) groups is 1. The molecule has 1 fully saturated rings. The Balaban J connectivity index is 0.739. The molecule has 1 saturated heterocycles. The summed E-state index contributed by atoms with van der Waals surface area (Å²) in [5.41, 5.74) is 8.72. The number of hydrogen-bond donors (Lipinski definition) is 4. The maximum atomic E-state index is 14.1. The van der Waals surface area contributed by atoms with E-state index < -0.39 is 41.5 Å². The molecule has 4 N–H and O–H groups in total. The number of β-amino-alcohol motifs (C(OH)–C–C–N with tert-alkyl or cyclic N) is 1. The molecule has 0 radical (unpaired) electrons. The van der Waals surface area contributed by atoms with Gasteiger partial charge in [-0.2, -0.15) is 0 Å². The van der Waals surface area contributed by atoms with Crippen LogP contribution in [0.4, 0.5) is 0 Å². The van der Waals surface area contributed by atoms with Gasteiger partial charge in [0, 0.05) is 47.0 Å². The highest BCUT2D eigenvalue weighted by molar-refractivity contribution is 7.15. The minimum atomic E-state index is -0.982. The Bertz CT molecular complexity index is 3080. The van der Waals surface area contributed by atoms with E-state index in [1.54, 1.807) is 22.7 Å². The van der Waals surface area contributed by atoms with Crippen LogP contribution >= 0.6 is 34.3 Å². The van der Waals surface area contributed by atoms with Gasteiger partial charge < -0.3 is 40.2 Å². The van der Waals surface area contributed by atoms with E-state index in [9.17, 15) is 24.3 Å². The molecule has 0 bridgehead atoms. The molecule has 2 aliphatic heterocycles. The first-order valence-electron chi connectivity index (χ1n) is 25.9. The molecule has 4 amide bonds. The van der Waals surface area contributed by atoms with Gasteiger partial charge in [-0.25, -0.2) is 4.98 Å². The second-order valence-corrected chi connectivity index (χ2v) is 23.2. The number of nitrogens with one attached hydrogen (secondary N) is 3. The Hall–Kier alpha value is -6.35. The molecular weight excluding hydrogens is 1040 g/mol. The fraction of sp³-hybridized carbons (Fsp3) is 0.439. The predicted molar refractivity (Wildman–Crippen MR) is 299 cm³/mol. The lowest BCUT2D eigenvalue weighted by Gasteiger charge is -2.35. The molecule has 6 aromatic rings. The molecule has 0 spiro atoms. The normalized spacial score (nSPS) is 17.4. The van der Waals surface area contributed by atoms with E-state index in [1.807, 2.05) is 131 Å². The number of aliphatic hydroxyl groups excluding tert-OH is 1. The highest BCUT2D eigenvalue weighted by Crippen LogP contribution is 2.40.